The Labute approximate surface area is 130 Å². The average molecular weight is 339 g/mol. The van der Waals surface area contributed by atoms with Crippen LogP contribution >= 0.6 is 11.6 Å². The molecule has 7 heteroatoms. The van der Waals surface area contributed by atoms with Crippen molar-refractivity contribution in [3.63, 3.8) is 0 Å². The summed E-state index contributed by atoms with van der Waals surface area (Å²) >= 11 is 6.32. The van der Waals surface area contributed by atoms with Crippen LogP contribution in [0.2, 0.25) is 24.7 Å². The molecule has 0 aliphatic rings. The second-order valence-electron chi connectivity index (χ2n) is 5.78. The first-order valence-electron chi connectivity index (χ1n) is 6.26. The highest BCUT2D eigenvalue weighted by molar-refractivity contribution is 7.90. The minimum Gasteiger partial charge on any atom is -0.226 e. The predicted octanol–water partition coefficient (Wildman–Crippen LogP) is 2.92. The van der Waals surface area contributed by atoms with Crippen LogP contribution in [0, 0.1) is 11.5 Å². The zero-order valence-corrected chi connectivity index (χ0v) is 14.8. The third-order valence-corrected chi connectivity index (χ3v) is 4.72. The summed E-state index contributed by atoms with van der Waals surface area (Å²) in [5.41, 5.74) is 4.45. The third-order valence-electron chi connectivity index (χ3n) is 2.58. The number of nitrogens with zero attached hydrogens (tertiary/aromatic N) is 2. The number of fused-ring (bicyclic) bond motifs is 1. The number of hydrogen-bond acceptors (Lipinski definition) is 4. The van der Waals surface area contributed by atoms with Crippen LogP contribution in [0.4, 0.5) is 0 Å². The van der Waals surface area contributed by atoms with E-state index in [1.807, 2.05) is 0 Å². The summed E-state index contributed by atoms with van der Waals surface area (Å²) in [5, 5.41) is 0.858. The molecule has 0 atom stereocenters. The number of aromatic nitrogens is 2. The van der Waals surface area contributed by atoms with E-state index < -0.39 is 17.9 Å². The van der Waals surface area contributed by atoms with Crippen molar-refractivity contribution in [3.8, 4) is 11.5 Å². The normalized spacial score (nSPS) is 12.0. The molecule has 0 N–H and O–H groups in total. The third kappa shape index (κ3) is 3.82. The monoisotopic (exact) mass is 338 g/mol. The van der Waals surface area contributed by atoms with Crippen LogP contribution < -0.4 is 0 Å². The van der Waals surface area contributed by atoms with Gasteiger partial charge >= 0.3 is 0 Å². The summed E-state index contributed by atoms with van der Waals surface area (Å²) in [7, 11) is -4.93. The van der Waals surface area contributed by atoms with Crippen molar-refractivity contribution in [1.82, 2.24) is 9.97 Å². The molecule has 0 aliphatic heterocycles. The first-order valence-corrected chi connectivity index (χ1v) is 12.0. The first-order chi connectivity index (χ1) is 9.58. The second-order valence-corrected chi connectivity index (χ2v) is 12.8. The first kappa shape index (κ1) is 16.0. The van der Waals surface area contributed by atoms with E-state index in [1.165, 1.54) is 6.20 Å². The number of hydrogen-bond donors (Lipinski definition) is 0. The van der Waals surface area contributed by atoms with Gasteiger partial charge in [-0.3, -0.25) is 0 Å². The van der Waals surface area contributed by atoms with E-state index in [2.05, 4.69) is 41.1 Å². The van der Waals surface area contributed by atoms with Gasteiger partial charge in [0, 0.05) is 23.4 Å². The van der Waals surface area contributed by atoms with Crippen molar-refractivity contribution in [2.45, 2.75) is 24.8 Å². The molecule has 1 aromatic heterocycles. The van der Waals surface area contributed by atoms with Gasteiger partial charge in [0.15, 0.2) is 0 Å². The lowest BCUT2D eigenvalue weighted by atomic mass is 10.1. The molecule has 110 valence electrons. The van der Waals surface area contributed by atoms with Crippen LogP contribution in [0.1, 0.15) is 5.56 Å². The minimum atomic E-state index is -3.43. The number of rotatable bonds is 1. The smallest absolute Gasteiger partial charge is 0.226 e. The molecular weight excluding hydrogens is 324 g/mol. The van der Waals surface area contributed by atoms with Gasteiger partial charge in [-0.05, 0) is 12.1 Å². The summed E-state index contributed by atoms with van der Waals surface area (Å²) < 4.78 is 22.9. The van der Waals surface area contributed by atoms with E-state index in [9.17, 15) is 8.42 Å². The van der Waals surface area contributed by atoms with E-state index >= 15 is 0 Å². The van der Waals surface area contributed by atoms with Gasteiger partial charge in [0.1, 0.15) is 8.07 Å². The number of sulfone groups is 1. The van der Waals surface area contributed by atoms with Crippen molar-refractivity contribution in [2.75, 3.05) is 6.26 Å². The fraction of sp³-hybridized carbons (Fsp3) is 0.286. The predicted molar refractivity (Wildman–Crippen MR) is 87.9 cm³/mol. The molecule has 0 bridgehead atoms. The number of benzene rings is 1. The van der Waals surface area contributed by atoms with Crippen molar-refractivity contribution in [2.24, 2.45) is 0 Å². The van der Waals surface area contributed by atoms with Crippen molar-refractivity contribution in [1.29, 1.82) is 0 Å². The van der Waals surface area contributed by atoms with Crippen LogP contribution in [0.3, 0.4) is 0 Å². The van der Waals surface area contributed by atoms with Crippen LogP contribution in [0.25, 0.3) is 10.9 Å². The zero-order valence-electron chi connectivity index (χ0n) is 12.2. The maximum atomic E-state index is 11.5. The molecule has 0 fully saturated rings. The van der Waals surface area contributed by atoms with Gasteiger partial charge in [0.25, 0.3) is 0 Å². The molecule has 0 aliphatic carbocycles. The molecule has 0 saturated carbocycles. The molecule has 2 aromatic rings. The van der Waals surface area contributed by atoms with Crippen LogP contribution in [-0.4, -0.2) is 32.7 Å². The summed E-state index contributed by atoms with van der Waals surface area (Å²) in [6, 6.07) is 3.47. The van der Waals surface area contributed by atoms with E-state index in [0.717, 1.165) is 6.26 Å². The van der Waals surface area contributed by atoms with Crippen molar-refractivity contribution in [3.05, 3.63) is 28.9 Å². The lowest BCUT2D eigenvalue weighted by Crippen LogP contribution is -2.16. The Morgan fingerprint density at radius 1 is 1.24 bits per heavy atom. The fourth-order valence-corrected chi connectivity index (χ4v) is 2.86. The molecule has 4 nitrogen and oxygen atoms in total. The number of halogens is 1. The second kappa shape index (κ2) is 5.41. The molecule has 0 unspecified atom stereocenters. The van der Waals surface area contributed by atoms with Gasteiger partial charge in [-0.15, -0.1) is 5.54 Å². The quantitative estimate of drug-likeness (QED) is 0.455. The standard InChI is InChI=1S/C14H15ClN2O2SSi/c1-20(18,19)14-16-9-11-12(17-14)6-5-10(13(11)15)7-8-21(2,3)4/h5-6,9H,1-4H3. The van der Waals surface area contributed by atoms with Gasteiger partial charge in [0.2, 0.25) is 15.0 Å². The molecule has 1 heterocycles. The zero-order chi connectivity index (χ0) is 15.8. The fourth-order valence-electron chi connectivity index (χ4n) is 1.58. The SMILES string of the molecule is C[Si](C)(C)C#Cc1ccc2nc(S(C)(=O)=O)ncc2c1Cl. The van der Waals surface area contributed by atoms with E-state index in [-0.39, 0.29) is 5.16 Å². The van der Waals surface area contributed by atoms with Crippen molar-refractivity contribution < 1.29 is 8.42 Å². The highest BCUT2D eigenvalue weighted by Crippen LogP contribution is 2.26. The van der Waals surface area contributed by atoms with E-state index in [1.54, 1.807) is 12.1 Å². The van der Waals surface area contributed by atoms with E-state index in [4.69, 9.17) is 11.6 Å². The molecule has 2 rings (SSSR count). The highest BCUT2D eigenvalue weighted by Gasteiger charge is 2.14. The molecule has 0 amide bonds. The van der Waals surface area contributed by atoms with E-state index in [0.29, 0.717) is 21.5 Å². The summed E-state index contributed by atoms with van der Waals surface area (Å²) in [6.07, 6.45) is 2.50. The summed E-state index contributed by atoms with van der Waals surface area (Å²) in [4.78, 5) is 7.90. The average Bonchev–Trinajstić information content (AvgIpc) is 2.35. The van der Waals surface area contributed by atoms with Crippen LogP contribution in [-0.2, 0) is 9.84 Å². The molecule has 0 radical (unpaired) electrons. The van der Waals surface area contributed by atoms with Crippen molar-refractivity contribution >= 4 is 40.4 Å². The minimum absolute atomic E-state index is 0.202. The van der Waals surface area contributed by atoms with Gasteiger partial charge in [-0.2, -0.15) is 0 Å². The Balaban J connectivity index is 2.61. The molecule has 0 saturated heterocycles. The Morgan fingerprint density at radius 3 is 2.48 bits per heavy atom. The lowest BCUT2D eigenvalue weighted by Gasteiger charge is -2.06. The van der Waals surface area contributed by atoms with Gasteiger partial charge < -0.3 is 0 Å². The van der Waals surface area contributed by atoms with Gasteiger partial charge in [-0.25, -0.2) is 18.4 Å². The Hall–Kier alpha value is -1.42. The van der Waals surface area contributed by atoms with Gasteiger partial charge in [0.05, 0.1) is 10.5 Å². The van der Waals surface area contributed by atoms with Crippen LogP contribution in [0.15, 0.2) is 23.5 Å². The summed E-state index contributed by atoms with van der Waals surface area (Å²) in [6.45, 7) is 6.45. The van der Waals surface area contributed by atoms with Crippen LogP contribution in [0.5, 0.6) is 0 Å². The lowest BCUT2D eigenvalue weighted by molar-refractivity contribution is 0.594. The summed E-state index contributed by atoms with van der Waals surface area (Å²) in [5.74, 6) is 3.10. The largest absolute Gasteiger partial charge is 0.247 e. The van der Waals surface area contributed by atoms with Gasteiger partial charge in [-0.1, -0.05) is 37.2 Å². The molecule has 0 spiro atoms. The topological polar surface area (TPSA) is 59.9 Å². The Kier molecular flexibility index (Phi) is 4.11. The molecule has 21 heavy (non-hydrogen) atoms. The highest BCUT2D eigenvalue weighted by atomic mass is 35.5. The Morgan fingerprint density at radius 2 is 1.90 bits per heavy atom. The Bertz CT molecular complexity index is 877. The maximum Gasteiger partial charge on any atom is 0.247 e. The molecular formula is C14H15ClN2O2SSi. The molecule has 1 aromatic carbocycles. The maximum absolute atomic E-state index is 11.5.